The number of hydrogen-bond donors (Lipinski definition) is 0. The number of halogens is 1. The Kier molecular flexibility index (Phi) is 22.4. The number of alkyl halides is 1. The van der Waals surface area contributed by atoms with Gasteiger partial charge >= 0.3 is 0 Å². The lowest BCUT2D eigenvalue weighted by Crippen LogP contribution is -2.07. The second-order valence-corrected chi connectivity index (χ2v) is 4.13. The Balaban J connectivity index is -0.000000152. The van der Waals surface area contributed by atoms with E-state index in [1.54, 1.807) is 0 Å². The molecule has 0 N–H and O–H groups in total. The lowest BCUT2D eigenvalue weighted by molar-refractivity contribution is 0.270. The molecule has 14 heavy (non-hydrogen) atoms. The standard InChI is InChI=1S/C5H12FP.C5H12.C2H6/c1-3-5(6,7)4-2;1-3-5-4-2;1-2/h3-4,7H2,1-2H3;3-5H2,1-2H3;1-2H3. The van der Waals surface area contributed by atoms with Gasteiger partial charge in [0.2, 0.25) is 0 Å². The summed E-state index contributed by atoms with van der Waals surface area (Å²) in [7, 11) is 2.20. The lowest BCUT2D eigenvalue weighted by Gasteiger charge is -2.13. The van der Waals surface area contributed by atoms with Crippen LogP contribution < -0.4 is 0 Å². The van der Waals surface area contributed by atoms with Gasteiger partial charge in [0.1, 0.15) is 5.41 Å². The second-order valence-electron chi connectivity index (χ2n) is 3.10. The third kappa shape index (κ3) is 22.8. The molecule has 0 aromatic carbocycles. The van der Waals surface area contributed by atoms with Gasteiger partial charge in [0.05, 0.1) is 0 Å². The van der Waals surface area contributed by atoms with E-state index < -0.39 is 5.41 Å². The molecule has 0 nitrogen and oxygen atoms in total. The van der Waals surface area contributed by atoms with Crippen molar-refractivity contribution in [3.8, 4) is 0 Å². The molecule has 0 rings (SSSR count). The Morgan fingerprint density at radius 1 is 0.929 bits per heavy atom. The summed E-state index contributed by atoms with van der Waals surface area (Å²) in [6.07, 6.45) is 5.26. The van der Waals surface area contributed by atoms with E-state index in [-0.39, 0.29) is 0 Å². The smallest absolute Gasteiger partial charge is 0.123 e. The number of unbranched alkanes of at least 4 members (excludes halogenated alkanes) is 2. The van der Waals surface area contributed by atoms with E-state index >= 15 is 0 Å². The topological polar surface area (TPSA) is 0 Å². The van der Waals surface area contributed by atoms with E-state index in [0.717, 1.165) is 0 Å². The fourth-order valence-corrected chi connectivity index (χ4v) is 0.604. The van der Waals surface area contributed by atoms with Crippen molar-refractivity contribution in [2.75, 3.05) is 0 Å². The Morgan fingerprint density at radius 2 is 1.21 bits per heavy atom. The van der Waals surface area contributed by atoms with Crippen LogP contribution >= 0.6 is 9.24 Å². The maximum absolute atomic E-state index is 12.5. The van der Waals surface area contributed by atoms with Crippen molar-refractivity contribution in [3.05, 3.63) is 0 Å². The molecular weight excluding hydrogens is 194 g/mol. The highest BCUT2D eigenvalue weighted by Crippen LogP contribution is 2.27. The van der Waals surface area contributed by atoms with Crippen molar-refractivity contribution in [2.24, 2.45) is 0 Å². The molecule has 0 aliphatic heterocycles. The molecule has 0 saturated heterocycles. The maximum atomic E-state index is 12.5. The van der Waals surface area contributed by atoms with Gasteiger partial charge in [0.25, 0.3) is 0 Å². The molecule has 0 fully saturated rings. The SMILES string of the molecule is CC.CCC(F)(P)CC.CCCCC. The van der Waals surface area contributed by atoms with Crippen LogP contribution in [0.15, 0.2) is 0 Å². The molecule has 1 unspecified atom stereocenters. The number of hydrogen-bond acceptors (Lipinski definition) is 0. The van der Waals surface area contributed by atoms with Crippen molar-refractivity contribution in [1.82, 2.24) is 0 Å². The average molecular weight is 224 g/mol. The first-order valence-corrected chi connectivity index (χ1v) is 6.59. The van der Waals surface area contributed by atoms with Crippen LogP contribution in [0, 0.1) is 0 Å². The largest absolute Gasteiger partial charge is 0.240 e. The van der Waals surface area contributed by atoms with Gasteiger partial charge in [0, 0.05) is 0 Å². The number of rotatable bonds is 4. The molecule has 1 atom stereocenters. The first-order chi connectivity index (χ1) is 6.54. The fourth-order valence-electron chi connectivity index (χ4n) is 0.604. The Labute approximate surface area is 93.3 Å². The molecule has 0 saturated carbocycles. The summed E-state index contributed by atoms with van der Waals surface area (Å²) in [5.41, 5.74) is 0. The third-order valence-corrected chi connectivity index (χ3v) is 2.70. The Morgan fingerprint density at radius 3 is 1.21 bits per heavy atom. The molecule has 2 heteroatoms. The molecule has 0 heterocycles. The maximum Gasteiger partial charge on any atom is 0.123 e. The van der Waals surface area contributed by atoms with Crippen molar-refractivity contribution in [3.63, 3.8) is 0 Å². The van der Waals surface area contributed by atoms with Crippen LogP contribution in [0.2, 0.25) is 0 Å². The summed E-state index contributed by atoms with van der Waals surface area (Å²) in [6.45, 7) is 12.1. The van der Waals surface area contributed by atoms with Gasteiger partial charge in [-0.2, -0.15) is 0 Å². The molecule has 0 radical (unpaired) electrons. The van der Waals surface area contributed by atoms with Crippen LogP contribution in [0.5, 0.6) is 0 Å². The molecule has 0 aromatic rings. The van der Waals surface area contributed by atoms with Gasteiger partial charge in [-0.15, -0.1) is 0 Å². The minimum absolute atomic E-state index is 0.591. The summed E-state index contributed by atoms with van der Waals surface area (Å²) in [4.78, 5) is 0. The summed E-state index contributed by atoms with van der Waals surface area (Å²) in [5, 5.41) is -1.00. The molecule has 0 bridgehead atoms. The summed E-state index contributed by atoms with van der Waals surface area (Å²) < 4.78 is 12.5. The minimum atomic E-state index is -1.00. The molecule has 90 valence electrons. The molecule has 0 aliphatic rings. The van der Waals surface area contributed by atoms with Crippen LogP contribution in [0.1, 0.15) is 73.6 Å². The van der Waals surface area contributed by atoms with Crippen molar-refractivity contribution >= 4 is 9.24 Å². The monoisotopic (exact) mass is 224 g/mol. The summed E-state index contributed by atoms with van der Waals surface area (Å²) in [5.74, 6) is 0. The van der Waals surface area contributed by atoms with Gasteiger partial charge in [-0.25, -0.2) is 4.39 Å². The van der Waals surface area contributed by atoms with E-state index in [2.05, 4.69) is 23.1 Å². The minimum Gasteiger partial charge on any atom is -0.240 e. The highest BCUT2D eigenvalue weighted by Gasteiger charge is 2.15. The lowest BCUT2D eigenvalue weighted by atomic mass is 10.2. The molecular formula is C12H30FP. The molecule has 0 spiro atoms. The zero-order valence-corrected chi connectivity index (χ0v) is 12.1. The van der Waals surface area contributed by atoms with Gasteiger partial charge in [-0.3, -0.25) is 0 Å². The van der Waals surface area contributed by atoms with E-state index in [4.69, 9.17) is 0 Å². The normalized spacial score (nSPS) is 9.43. The molecule has 0 aromatic heterocycles. The predicted octanol–water partition coefficient (Wildman–Crippen LogP) is 5.57. The van der Waals surface area contributed by atoms with E-state index in [1.165, 1.54) is 19.3 Å². The van der Waals surface area contributed by atoms with Crippen LogP contribution in [-0.2, 0) is 0 Å². The van der Waals surface area contributed by atoms with Gasteiger partial charge in [0.15, 0.2) is 0 Å². The highest BCUT2D eigenvalue weighted by molar-refractivity contribution is 7.18. The van der Waals surface area contributed by atoms with Gasteiger partial charge < -0.3 is 0 Å². The third-order valence-electron chi connectivity index (χ3n) is 1.88. The predicted molar refractivity (Wildman–Crippen MR) is 70.7 cm³/mol. The van der Waals surface area contributed by atoms with E-state index in [0.29, 0.717) is 12.8 Å². The van der Waals surface area contributed by atoms with Crippen molar-refractivity contribution < 1.29 is 4.39 Å². The second kappa shape index (κ2) is 15.8. The van der Waals surface area contributed by atoms with Crippen LogP contribution in [0.4, 0.5) is 4.39 Å². The first kappa shape index (κ1) is 19.9. The molecule has 0 amide bonds. The summed E-state index contributed by atoms with van der Waals surface area (Å²) >= 11 is 0. The Hall–Kier alpha value is 0.360. The molecule has 0 aliphatic carbocycles. The first-order valence-electron chi connectivity index (χ1n) is 6.01. The Bertz CT molecular complexity index is 74.4. The van der Waals surface area contributed by atoms with Crippen LogP contribution in [0.25, 0.3) is 0 Å². The van der Waals surface area contributed by atoms with Crippen molar-refractivity contribution in [2.45, 2.75) is 79.1 Å². The quantitative estimate of drug-likeness (QED) is 0.547. The van der Waals surface area contributed by atoms with Gasteiger partial charge in [-0.05, 0) is 12.8 Å². The van der Waals surface area contributed by atoms with Crippen LogP contribution in [-0.4, -0.2) is 5.41 Å². The zero-order chi connectivity index (χ0) is 12.0. The van der Waals surface area contributed by atoms with E-state index in [1.807, 2.05) is 27.7 Å². The van der Waals surface area contributed by atoms with Crippen LogP contribution in [0.3, 0.4) is 0 Å². The zero-order valence-electron chi connectivity index (χ0n) is 11.0. The average Bonchev–Trinajstić information content (AvgIpc) is 2.23. The van der Waals surface area contributed by atoms with Crippen molar-refractivity contribution in [1.29, 1.82) is 0 Å². The van der Waals surface area contributed by atoms with E-state index in [9.17, 15) is 4.39 Å². The fraction of sp³-hybridized carbons (Fsp3) is 1.00. The summed E-state index contributed by atoms with van der Waals surface area (Å²) in [6, 6.07) is 0. The van der Waals surface area contributed by atoms with Gasteiger partial charge in [-0.1, -0.05) is 70.0 Å². The highest BCUT2D eigenvalue weighted by atomic mass is 31.0.